The normalized spacial score (nSPS) is 12.1. The molecule has 0 aliphatic carbocycles. The number of aromatic nitrogens is 3. The van der Waals surface area contributed by atoms with Gasteiger partial charge in [0.25, 0.3) is 0 Å². The van der Waals surface area contributed by atoms with Crippen LogP contribution in [0.3, 0.4) is 0 Å². The standard InChI is InChI=1S/C24H30N6O4/c1-17-2-5-19(6-3-17)22-28-23(26-9-11-32-13-12-31-10-8-25)30-24(29-22)27-15-18-4-7-20-21(14-18)34-16-33-20/h2-7,14H,8-13,15-16,25H2,1H3,(H2,26,27,28,29,30). The third-order valence-electron chi connectivity index (χ3n) is 5.00. The first-order valence-electron chi connectivity index (χ1n) is 11.3. The Bertz CT molecular complexity index is 1060. The highest BCUT2D eigenvalue weighted by atomic mass is 16.7. The van der Waals surface area contributed by atoms with Crippen LogP contribution in [0.2, 0.25) is 0 Å². The van der Waals surface area contributed by atoms with E-state index in [2.05, 4.69) is 25.6 Å². The lowest BCUT2D eigenvalue weighted by atomic mass is 10.1. The van der Waals surface area contributed by atoms with Gasteiger partial charge in [-0.2, -0.15) is 15.0 Å². The van der Waals surface area contributed by atoms with Crippen LogP contribution >= 0.6 is 0 Å². The minimum absolute atomic E-state index is 0.249. The van der Waals surface area contributed by atoms with Gasteiger partial charge < -0.3 is 35.3 Å². The first kappa shape index (κ1) is 23.7. The summed E-state index contributed by atoms with van der Waals surface area (Å²) in [7, 11) is 0. The number of aryl methyl sites for hydroxylation is 1. The highest BCUT2D eigenvalue weighted by Crippen LogP contribution is 2.32. The fourth-order valence-corrected chi connectivity index (χ4v) is 3.24. The Morgan fingerprint density at radius 1 is 0.853 bits per heavy atom. The van der Waals surface area contributed by atoms with Crippen molar-refractivity contribution in [1.29, 1.82) is 0 Å². The second kappa shape index (κ2) is 12.1. The van der Waals surface area contributed by atoms with Gasteiger partial charge in [0, 0.05) is 25.2 Å². The van der Waals surface area contributed by atoms with E-state index in [9.17, 15) is 0 Å². The number of fused-ring (bicyclic) bond motifs is 1. The Morgan fingerprint density at radius 3 is 2.38 bits per heavy atom. The minimum Gasteiger partial charge on any atom is -0.454 e. The molecule has 4 N–H and O–H groups in total. The zero-order valence-electron chi connectivity index (χ0n) is 19.3. The molecule has 0 saturated heterocycles. The Balaban J connectivity index is 1.40. The molecule has 0 atom stereocenters. The van der Waals surface area contributed by atoms with Crippen molar-refractivity contribution in [2.45, 2.75) is 13.5 Å². The number of hydrogen-bond donors (Lipinski definition) is 3. The largest absolute Gasteiger partial charge is 0.454 e. The third-order valence-corrected chi connectivity index (χ3v) is 5.00. The number of nitrogens with two attached hydrogens (primary N) is 1. The van der Waals surface area contributed by atoms with Crippen LogP contribution in [0.4, 0.5) is 11.9 Å². The summed E-state index contributed by atoms with van der Waals surface area (Å²) in [6.07, 6.45) is 0. The number of rotatable bonds is 13. The van der Waals surface area contributed by atoms with E-state index in [1.54, 1.807) is 0 Å². The number of ether oxygens (including phenoxy) is 4. The van der Waals surface area contributed by atoms with E-state index in [4.69, 9.17) is 24.7 Å². The van der Waals surface area contributed by atoms with Gasteiger partial charge in [-0.05, 0) is 24.6 Å². The van der Waals surface area contributed by atoms with Crippen LogP contribution in [0.25, 0.3) is 11.4 Å². The lowest BCUT2D eigenvalue weighted by molar-refractivity contribution is 0.0547. The summed E-state index contributed by atoms with van der Waals surface area (Å²) in [6.45, 7) is 5.95. The quantitative estimate of drug-likeness (QED) is 0.324. The van der Waals surface area contributed by atoms with Gasteiger partial charge in [-0.25, -0.2) is 0 Å². The molecule has 1 aromatic heterocycles. The molecule has 0 bridgehead atoms. The molecule has 0 saturated carbocycles. The summed E-state index contributed by atoms with van der Waals surface area (Å²) in [5.41, 5.74) is 8.51. The second-order valence-corrected chi connectivity index (χ2v) is 7.65. The van der Waals surface area contributed by atoms with E-state index in [-0.39, 0.29) is 6.79 Å². The molecule has 1 aliphatic rings. The Kier molecular flexibility index (Phi) is 8.44. The molecule has 0 unspecified atom stereocenters. The SMILES string of the molecule is Cc1ccc(-c2nc(NCCOCCOCCN)nc(NCc3ccc4c(c3)OCO4)n2)cc1. The predicted molar refractivity (Wildman–Crippen MR) is 129 cm³/mol. The summed E-state index contributed by atoms with van der Waals surface area (Å²) in [4.78, 5) is 13.7. The Morgan fingerprint density at radius 2 is 1.59 bits per heavy atom. The maximum atomic E-state index is 5.56. The minimum atomic E-state index is 0.249. The molecule has 4 rings (SSSR count). The summed E-state index contributed by atoms with van der Waals surface area (Å²) < 4.78 is 21.7. The molecule has 34 heavy (non-hydrogen) atoms. The monoisotopic (exact) mass is 466 g/mol. The first-order chi connectivity index (χ1) is 16.7. The predicted octanol–water partition coefficient (Wildman–Crippen LogP) is 2.59. The van der Waals surface area contributed by atoms with E-state index in [0.29, 0.717) is 63.8 Å². The van der Waals surface area contributed by atoms with Crippen molar-refractivity contribution in [3.05, 3.63) is 53.6 Å². The topological polar surface area (TPSA) is 126 Å². The van der Waals surface area contributed by atoms with Crippen molar-refractivity contribution in [2.75, 3.05) is 56.9 Å². The number of hydrogen-bond acceptors (Lipinski definition) is 10. The summed E-state index contributed by atoms with van der Waals surface area (Å²) in [5, 5.41) is 6.50. The van der Waals surface area contributed by atoms with E-state index in [0.717, 1.165) is 22.6 Å². The molecule has 2 heterocycles. The van der Waals surface area contributed by atoms with Crippen LogP contribution < -0.4 is 25.8 Å². The fraction of sp³-hybridized carbons (Fsp3) is 0.375. The van der Waals surface area contributed by atoms with E-state index >= 15 is 0 Å². The van der Waals surface area contributed by atoms with Gasteiger partial charge in [-0.15, -0.1) is 0 Å². The molecule has 2 aromatic carbocycles. The van der Waals surface area contributed by atoms with Crippen LogP contribution in [0.5, 0.6) is 11.5 Å². The summed E-state index contributed by atoms with van der Waals surface area (Å²) in [6, 6.07) is 13.9. The number of benzene rings is 2. The van der Waals surface area contributed by atoms with E-state index in [1.807, 2.05) is 49.4 Å². The molecule has 0 fully saturated rings. The first-order valence-corrected chi connectivity index (χ1v) is 11.3. The fourth-order valence-electron chi connectivity index (χ4n) is 3.24. The Hall–Kier alpha value is -3.47. The van der Waals surface area contributed by atoms with Crippen molar-refractivity contribution >= 4 is 11.9 Å². The molecular formula is C24H30N6O4. The Labute approximate surface area is 198 Å². The molecular weight excluding hydrogens is 436 g/mol. The highest BCUT2D eigenvalue weighted by molar-refractivity contribution is 5.58. The third kappa shape index (κ3) is 6.77. The zero-order valence-corrected chi connectivity index (χ0v) is 19.3. The maximum absolute atomic E-state index is 5.56. The van der Waals surface area contributed by atoms with Crippen LogP contribution in [-0.4, -0.2) is 61.3 Å². The molecule has 10 heteroatoms. The highest BCUT2D eigenvalue weighted by Gasteiger charge is 2.14. The number of nitrogens with zero attached hydrogens (tertiary/aromatic N) is 3. The zero-order chi connectivity index (χ0) is 23.6. The molecule has 0 spiro atoms. The average molecular weight is 467 g/mol. The van der Waals surface area contributed by atoms with E-state index in [1.165, 1.54) is 5.56 Å². The van der Waals surface area contributed by atoms with Crippen molar-refractivity contribution in [1.82, 2.24) is 15.0 Å². The smallest absolute Gasteiger partial charge is 0.231 e. The number of nitrogens with one attached hydrogen (secondary N) is 2. The van der Waals surface area contributed by atoms with Gasteiger partial charge in [0.05, 0.1) is 26.4 Å². The number of anilines is 2. The lowest BCUT2D eigenvalue weighted by Crippen LogP contribution is -2.16. The van der Waals surface area contributed by atoms with Crippen LogP contribution in [-0.2, 0) is 16.0 Å². The van der Waals surface area contributed by atoms with Crippen LogP contribution in [0, 0.1) is 6.92 Å². The van der Waals surface area contributed by atoms with Crippen LogP contribution in [0.15, 0.2) is 42.5 Å². The van der Waals surface area contributed by atoms with E-state index < -0.39 is 0 Å². The van der Waals surface area contributed by atoms with Crippen LogP contribution in [0.1, 0.15) is 11.1 Å². The van der Waals surface area contributed by atoms with Crippen molar-refractivity contribution in [3.8, 4) is 22.9 Å². The van der Waals surface area contributed by atoms with Gasteiger partial charge in [0.1, 0.15) is 0 Å². The van der Waals surface area contributed by atoms with Gasteiger partial charge >= 0.3 is 0 Å². The second-order valence-electron chi connectivity index (χ2n) is 7.65. The van der Waals surface area contributed by atoms with Gasteiger partial charge in [0.15, 0.2) is 17.3 Å². The van der Waals surface area contributed by atoms with Crippen molar-refractivity contribution in [3.63, 3.8) is 0 Å². The molecule has 180 valence electrons. The van der Waals surface area contributed by atoms with Crippen molar-refractivity contribution < 1.29 is 18.9 Å². The van der Waals surface area contributed by atoms with Gasteiger partial charge in [-0.1, -0.05) is 35.9 Å². The molecule has 1 aliphatic heterocycles. The lowest BCUT2D eigenvalue weighted by Gasteiger charge is -2.11. The molecule has 0 radical (unpaired) electrons. The average Bonchev–Trinajstić information content (AvgIpc) is 3.33. The molecule has 10 nitrogen and oxygen atoms in total. The maximum Gasteiger partial charge on any atom is 0.231 e. The van der Waals surface area contributed by atoms with Gasteiger partial charge in [-0.3, -0.25) is 0 Å². The van der Waals surface area contributed by atoms with Crippen molar-refractivity contribution in [2.24, 2.45) is 5.73 Å². The molecule has 0 amide bonds. The molecule has 3 aromatic rings. The summed E-state index contributed by atoms with van der Waals surface area (Å²) >= 11 is 0. The summed E-state index contributed by atoms with van der Waals surface area (Å²) in [5.74, 6) is 3.03. The van der Waals surface area contributed by atoms with Gasteiger partial charge in [0.2, 0.25) is 18.7 Å².